The van der Waals surface area contributed by atoms with Crippen molar-refractivity contribution in [3.05, 3.63) is 34.9 Å². The number of alkyl halides is 4. The standard InChI is InChI=1S/C12H10BrF3O3/c1-6(17)11(13)9-5-8(12(14,15)16)3-2-7(9)4-10(18)19/h2-3,5,11H,4H2,1H3,(H,18,19). The number of Topliss-reactive ketones (excluding diaryl/α,β-unsaturated/α-hetero) is 1. The topological polar surface area (TPSA) is 54.4 Å². The van der Waals surface area contributed by atoms with Crippen molar-refractivity contribution in [2.24, 2.45) is 0 Å². The number of ketones is 1. The van der Waals surface area contributed by atoms with E-state index in [1.165, 1.54) is 6.92 Å². The first-order valence-corrected chi connectivity index (χ1v) is 6.11. The zero-order chi connectivity index (χ0) is 14.8. The van der Waals surface area contributed by atoms with Crippen LogP contribution in [0.15, 0.2) is 18.2 Å². The number of carbonyl (C=O) groups is 2. The lowest BCUT2D eigenvalue weighted by molar-refractivity contribution is -0.137. The largest absolute Gasteiger partial charge is 0.481 e. The molecule has 0 amide bonds. The molecule has 19 heavy (non-hydrogen) atoms. The van der Waals surface area contributed by atoms with Crippen molar-refractivity contribution in [1.29, 1.82) is 0 Å². The molecule has 1 atom stereocenters. The monoisotopic (exact) mass is 338 g/mol. The molecule has 0 aliphatic carbocycles. The number of carboxylic acids is 1. The van der Waals surface area contributed by atoms with E-state index < -0.39 is 34.7 Å². The third kappa shape index (κ3) is 4.05. The zero-order valence-electron chi connectivity index (χ0n) is 9.79. The van der Waals surface area contributed by atoms with Crippen molar-refractivity contribution in [2.45, 2.75) is 24.3 Å². The Kier molecular flexibility index (Phi) is 4.73. The van der Waals surface area contributed by atoms with Crippen LogP contribution in [0, 0.1) is 0 Å². The molecule has 104 valence electrons. The molecule has 0 aromatic heterocycles. The molecule has 0 fully saturated rings. The minimum atomic E-state index is -4.54. The first-order chi connectivity index (χ1) is 8.62. The van der Waals surface area contributed by atoms with E-state index in [4.69, 9.17) is 5.11 Å². The smallest absolute Gasteiger partial charge is 0.416 e. The number of carboxylic acid groups (broad SMARTS) is 1. The Morgan fingerprint density at radius 2 is 1.95 bits per heavy atom. The Labute approximate surface area is 115 Å². The van der Waals surface area contributed by atoms with E-state index >= 15 is 0 Å². The predicted molar refractivity (Wildman–Crippen MR) is 65.1 cm³/mol. The van der Waals surface area contributed by atoms with Crippen LogP contribution in [0.1, 0.15) is 28.4 Å². The van der Waals surface area contributed by atoms with E-state index in [2.05, 4.69) is 15.9 Å². The summed E-state index contributed by atoms with van der Waals surface area (Å²) in [6.07, 6.45) is -4.98. The molecule has 0 bridgehead atoms. The van der Waals surface area contributed by atoms with E-state index in [-0.39, 0.29) is 11.1 Å². The molecular formula is C12H10BrF3O3. The van der Waals surface area contributed by atoms with Gasteiger partial charge in [0.25, 0.3) is 0 Å². The summed E-state index contributed by atoms with van der Waals surface area (Å²) in [7, 11) is 0. The molecule has 1 aromatic carbocycles. The normalized spacial score (nSPS) is 13.1. The van der Waals surface area contributed by atoms with Crippen LogP contribution < -0.4 is 0 Å². The summed E-state index contributed by atoms with van der Waals surface area (Å²) in [5.74, 6) is -1.57. The number of hydrogen-bond acceptors (Lipinski definition) is 2. The lowest BCUT2D eigenvalue weighted by atomic mass is 9.97. The number of carbonyl (C=O) groups excluding carboxylic acids is 1. The minimum absolute atomic E-state index is 0.0322. The molecule has 1 aromatic rings. The lowest BCUT2D eigenvalue weighted by Gasteiger charge is -2.15. The van der Waals surface area contributed by atoms with Crippen LogP contribution in [-0.2, 0) is 22.2 Å². The fourth-order valence-corrected chi connectivity index (χ4v) is 1.98. The summed E-state index contributed by atoms with van der Waals surface area (Å²) in [4.78, 5) is 21.0. The molecular weight excluding hydrogens is 329 g/mol. The van der Waals surface area contributed by atoms with E-state index in [1.807, 2.05) is 0 Å². The third-order valence-corrected chi connectivity index (χ3v) is 3.58. The second-order valence-corrected chi connectivity index (χ2v) is 4.87. The van der Waals surface area contributed by atoms with Crippen molar-refractivity contribution < 1.29 is 27.9 Å². The third-order valence-electron chi connectivity index (χ3n) is 2.44. The predicted octanol–water partition coefficient (Wildman–Crippen LogP) is 3.36. The molecule has 0 aliphatic rings. The Hall–Kier alpha value is -1.37. The second kappa shape index (κ2) is 5.73. The number of halogens is 4. The Morgan fingerprint density at radius 3 is 2.37 bits per heavy atom. The summed E-state index contributed by atoms with van der Waals surface area (Å²) in [5, 5.41) is 8.72. The van der Waals surface area contributed by atoms with Crippen molar-refractivity contribution in [3.8, 4) is 0 Å². The highest BCUT2D eigenvalue weighted by Gasteiger charge is 2.32. The van der Waals surface area contributed by atoms with Gasteiger partial charge in [-0.1, -0.05) is 22.0 Å². The Balaban J connectivity index is 3.33. The second-order valence-electron chi connectivity index (χ2n) is 3.96. The first kappa shape index (κ1) is 15.7. The van der Waals surface area contributed by atoms with Gasteiger partial charge in [-0.3, -0.25) is 9.59 Å². The number of aliphatic carboxylic acids is 1. The van der Waals surface area contributed by atoms with Gasteiger partial charge < -0.3 is 5.11 Å². The molecule has 0 radical (unpaired) electrons. The maximum atomic E-state index is 12.6. The molecule has 1 rings (SSSR count). The van der Waals surface area contributed by atoms with Gasteiger partial charge in [-0.2, -0.15) is 13.2 Å². The van der Waals surface area contributed by atoms with Gasteiger partial charge in [0.1, 0.15) is 5.78 Å². The van der Waals surface area contributed by atoms with Gasteiger partial charge >= 0.3 is 12.1 Å². The van der Waals surface area contributed by atoms with Crippen LogP contribution in [-0.4, -0.2) is 16.9 Å². The number of benzene rings is 1. The van der Waals surface area contributed by atoms with Gasteiger partial charge in [-0.05, 0) is 30.2 Å². The molecule has 1 N–H and O–H groups in total. The maximum absolute atomic E-state index is 12.6. The van der Waals surface area contributed by atoms with Crippen molar-refractivity contribution in [3.63, 3.8) is 0 Å². The molecule has 7 heteroatoms. The quantitative estimate of drug-likeness (QED) is 0.856. The van der Waals surface area contributed by atoms with E-state index in [0.717, 1.165) is 18.2 Å². The maximum Gasteiger partial charge on any atom is 0.416 e. The molecule has 1 unspecified atom stereocenters. The van der Waals surface area contributed by atoms with Crippen LogP contribution in [0.25, 0.3) is 0 Å². The lowest BCUT2D eigenvalue weighted by Crippen LogP contribution is -2.12. The fraction of sp³-hybridized carbons (Fsp3) is 0.333. The average molecular weight is 339 g/mol. The molecule has 0 aliphatic heterocycles. The fourth-order valence-electron chi connectivity index (χ4n) is 1.55. The summed E-state index contributed by atoms with van der Waals surface area (Å²) in [6.45, 7) is 1.21. The van der Waals surface area contributed by atoms with Crippen LogP contribution in [0.2, 0.25) is 0 Å². The summed E-state index contributed by atoms with van der Waals surface area (Å²) in [6, 6.07) is 2.70. The average Bonchev–Trinajstić information content (AvgIpc) is 2.26. The minimum Gasteiger partial charge on any atom is -0.481 e. The van der Waals surface area contributed by atoms with Gasteiger partial charge in [-0.25, -0.2) is 0 Å². The summed E-state index contributed by atoms with van der Waals surface area (Å²) >= 11 is 2.98. The number of hydrogen-bond donors (Lipinski definition) is 1. The number of rotatable bonds is 4. The van der Waals surface area contributed by atoms with Gasteiger partial charge in [-0.15, -0.1) is 0 Å². The SMILES string of the molecule is CC(=O)C(Br)c1cc(C(F)(F)F)ccc1CC(=O)O. The highest BCUT2D eigenvalue weighted by molar-refractivity contribution is 9.09. The van der Waals surface area contributed by atoms with Crippen molar-refractivity contribution in [2.75, 3.05) is 0 Å². The van der Waals surface area contributed by atoms with E-state index in [9.17, 15) is 22.8 Å². The van der Waals surface area contributed by atoms with Gasteiger partial charge in [0.2, 0.25) is 0 Å². The Bertz CT molecular complexity index is 511. The molecule has 0 saturated heterocycles. The first-order valence-electron chi connectivity index (χ1n) is 5.19. The van der Waals surface area contributed by atoms with Crippen molar-refractivity contribution in [1.82, 2.24) is 0 Å². The van der Waals surface area contributed by atoms with Gasteiger partial charge in [0.05, 0.1) is 16.8 Å². The van der Waals surface area contributed by atoms with Gasteiger partial charge in [0, 0.05) is 0 Å². The zero-order valence-corrected chi connectivity index (χ0v) is 11.4. The van der Waals surface area contributed by atoms with Crippen LogP contribution in [0.4, 0.5) is 13.2 Å². The van der Waals surface area contributed by atoms with E-state index in [1.54, 1.807) is 0 Å². The molecule has 0 heterocycles. The van der Waals surface area contributed by atoms with E-state index in [0.29, 0.717) is 0 Å². The molecule has 0 saturated carbocycles. The summed E-state index contributed by atoms with van der Waals surface area (Å²) in [5.41, 5.74) is -0.704. The van der Waals surface area contributed by atoms with Crippen molar-refractivity contribution >= 4 is 27.7 Å². The van der Waals surface area contributed by atoms with Crippen LogP contribution in [0.5, 0.6) is 0 Å². The molecule has 3 nitrogen and oxygen atoms in total. The molecule has 0 spiro atoms. The van der Waals surface area contributed by atoms with Crippen LogP contribution in [0.3, 0.4) is 0 Å². The summed E-state index contributed by atoms with van der Waals surface area (Å²) < 4.78 is 37.8. The highest BCUT2D eigenvalue weighted by Crippen LogP contribution is 2.35. The highest BCUT2D eigenvalue weighted by atomic mass is 79.9. The van der Waals surface area contributed by atoms with Gasteiger partial charge in [0.15, 0.2) is 0 Å². The van der Waals surface area contributed by atoms with Crippen LogP contribution >= 0.6 is 15.9 Å². The Morgan fingerprint density at radius 1 is 1.37 bits per heavy atom.